The van der Waals surface area contributed by atoms with Gasteiger partial charge in [0, 0.05) is 16.3 Å². The van der Waals surface area contributed by atoms with Gasteiger partial charge in [-0.2, -0.15) is 0 Å². The number of benzene rings is 3. The third-order valence-electron chi connectivity index (χ3n) is 5.46. The maximum absolute atomic E-state index is 13.7. The fraction of sp³-hybridized carbons (Fsp3) is 0.115. The molecule has 1 aromatic heterocycles. The lowest BCUT2D eigenvalue weighted by Crippen LogP contribution is -2.08. The number of sulfone groups is 1. The lowest BCUT2D eigenvalue weighted by molar-refractivity contribution is 0.104. The molecule has 0 aliphatic carbocycles. The average molecular weight is 527 g/mol. The molecule has 3 N–H and O–H groups in total. The summed E-state index contributed by atoms with van der Waals surface area (Å²) in [6, 6.07) is 18.2. The summed E-state index contributed by atoms with van der Waals surface area (Å²) in [5, 5.41) is 3.87. The number of rotatable bonds is 7. The Labute approximate surface area is 213 Å². The van der Waals surface area contributed by atoms with Gasteiger partial charge in [-0.15, -0.1) is 11.3 Å². The highest BCUT2D eigenvalue weighted by Crippen LogP contribution is 2.44. The van der Waals surface area contributed by atoms with Crippen molar-refractivity contribution in [3.63, 3.8) is 0 Å². The van der Waals surface area contributed by atoms with Crippen LogP contribution < -0.4 is 15.8 Å². The van der Waals surface area contributed by atoms with Gasteiger partial charge in [0.25, 0.3) is 0 Å². The predicted molar refractivity (Wildman–Crippen MR) is 141 cm³/mol. The minimum Gasteiger partial charge on any atom is -0.497 e. The number of carbonyl (C=O) groups is 1. The fourth-order valence-electron chi connectivity index (χ4n) is 3.65. The van der Waals surface area contributed by atoms with E-state index in [0.717, 1.165) is 22.5 Å². The minimum absolute atomic E-state index is 0.0236. The van der Waals surface area contributed by atoms with Crippen molar-refractivity contribution in [2.75, 3.05) is 18.2 Å². The Kier molecular flexibility index (Phi) is 6.89. The maximum Gasteiger partial charge on any atom is 0.211 e. The molecule has 3 aromatic carbocycles. The maximum atomic E-state index is 13.7. The molecule has 0 atom stereocenters. The van der Waals surface area contributed by atoms with Crippen LogP contribution in [0, 0.1) is 13.8 Å². The number of nitrogens with one attached hydrogen (secondary N) is 1. The highest BCUT2D eigenvalue weighted by molar-refractivity contribution is 7.92. The van der Waals surface area contributed by atoms with E-state index < -0.39 is 15.6 Å². The van der Waals surface area contributed by atoms with Crippen LogP contribution in [0.4, 0.5) is 16.4 Å². The number of hydrogen-bond donors (Lipinski definition) is 2. The standard InChI is InChI=1S/C26H23ClN2O4S2/c1-15-7-12-21(16(2)13-15)29-26-25(35(31,32)20-10-8-18(27)9-11-20)22(28)24(34-26)23(30)17-5-4-6-19(14-17)33-3/h4-14,29H,28H2,1-3H3. The van der Waals surface area contributed by atoms with Gasteiger partial charge in [-0.25, -0.2) is 8.42 Å². The van der Waals surface area contributed by atoms with Crippen LogP contribution in [-0.2, 0) is 9.84 Å². The highest BCUT2D eigenvalue weighted by atomic mass is 35.5. The highest BCUT2D eigenvalue weighted by Gasteiger charge is 2.32. The van der Waals surface area contributed by atoms with E-state index >= 15 is 0 Å². The third kappa shape index (κ3) is 4.91. The molecule has 0 radical (unpaired) electrons. The van der Waals surface area contributed by atoms with Crippen LogP contribution in [0.25, 0.3) is 0 Å². The molecule has 0 fully saturated rings. The first-order valence-corrected chi connectivity index (χ1v) is 13.3. The van der Waals surface area contributed by atoms with Gasteiger partial charge < -0.3 is 15.8 Å². The largest absolute Gasteiger partial charge is 0.497 e. The molecular formula is C26H23ClN2O4S2. The van der Waals surface area contributed by atoms with Crippen molar-refractivity contribution in [3.05, 3.63) is 93.3 Å². The van der Waals surface area contributed by atoms with Crippen LogP contribution >= 0.6 is 22.9 Å². The predicted octanol–water partition coefficient (Wildman–Crippen LogP) is 6.42. The second-order valence-corrected chi connectivity index (χ2v) is 11.3. The van der Waals surface area contributed by atoms with Crippen molar-refractivity contribution in [1.29, 1.82) is 0 Å². The Morgan fingerprint density at radius 1 is 1.03 bits per heavy atom. The molecule has 0 spiro atoms. The fourth-order valence-corrected chi connectivity index (χ4v) is 6.70. The number of aryl methyl sites for hydroxylation is 2. The van der Waals surface area contributed by atoms with Gasteiger partial charge in [-0.3, -0.25) is 4.79 Å². The van der Waals surface area contributed by atoms with Gasteiger partial charge in [0.15, 0.2) is 0 Å². The number of anilines is 3. The minimum atomic E-state index is -4.08. The molecule has 180 valence electrons. The molecule has 9 heteroatoms. The number of halogens is 1. The number of ether oxygens (including phenoxy) is 1. The summed E-state index contributed by atoms with van der Waals surface area (Å²) in [5.74, 6) is 0.112. The second-order valence-electron chi connectivity index (χ2n) is 7.96. The number of thiophene rings is 1. The first-order valence-electron chi connectivity index (χ1n) is 10.6. The normalized spacial score (nSPS) is 11.3. The summed E-state index contributed by atoms with van der Waals surface area (Å²) >= 11 is 6.96. The van der Waals surface area contributed by atoms with E-state index in [9.17, 15) is 13.2 Å². The van der Waals surface area contributed by atoms with Gasteiger partial charge in [0.05, 0.1) is 17.7 Å². The molecule has 4 aromatic rings. The lowest BCUT2D eigenvalue weighted by Gasteiger charge is -2.12. The molecule has 0 saturated heterocycles. The third-order valence-corrected chi connectivity index (χ3v) is 8.82. The molecule has 0 bridgehead atoms. The Hall–Kier alpha value is -3.33. The Morgan fingerprint density at radius 3 is 2.40 bits per heavy atom. The van der Waals surface area contributed by atoms with Crippen molar-refractivity contribution in [2.45, 2.75) is 23.6 Å². The SMILES string of the molecule is COc1cccc(C(=O)c2sc(Nc3ccc(C)cc3C)c(S(=O)(=O)c3ccc(Cl)cc3)c2N)c1. The molecule has 35 heavy (non-hydrogen) atoms. The summed E-state index contributed by atoms with van der Waals surface area (Å²) < 4.78 is 32.6. The summed E-state index contributed by atoms with van der Waals surface area (Å²) in [5.41, 5.74) is 9.33. The first-order chi connectivity index (χ1) is 16.6. The monoisotopic (exact) mass is 526 g/mol. The van der Waals surface area contributed by atoms with E-state index in [1.807, 2.05) is 32.0 Å². The zero-order valence-electron chi connectivity index (χ0n) is 19.3. The molecule has 6 nitrogen and oxygen atoms in total. The van der Waals surface area contributed by atoms with Crippen molar-refractivity contribution in [3.8, 4) is 5.75 Å². The Bertz CT molecular complexity index is 1530. The van der Waals surface area contributed by atoms with Crippen LogP contribution in [0.2, 0.25) is 5.02 Å². The number of methoxy groups -OCH3 is 1. The molecule has 0 amide bonds. The van der Waals surface area contributed by atoms with E-state index in [1.165, 1.54) is 31.4 Å². The van der Waals surface area contributed by atoms with Crippen molar-refractivity contribution < 1.29 is 17.9 Å². The Balaban J connectivity index is 1.89. The van der Waals surface area contributed by atoms with Crippen LogP contribution in [-0.4, -0.2) is 21.3 Å². The molecule has 4 rings (SSSR count). The van der Waals surface area contributed by atoms with Crippen molar-refractivity contribution >= 4 is 54.9 Å². The summed E-state index contributed by atoms with van der Waals surface area (Å²) in [7, 11) is -2.57. The van der Waals surface area contributed by atoms with E-state index in [0.29, 0.717) is 22.0 Å². The number of nitrogens with two attached hydrogens (primary N) is 1. The van der Waals surface area contributed by atoms with E-state index in [-0.39, 0.29) is 25.4 Å². The van der Waals surface area contributed by atoms with E-state index in [2.05, 4.69) is 5.32 Å². The summed E-state index contributed by atoms with van der Waals surface area (Å²) in [4.78, 5) is 13.4. The number of carbonyl (C=O) groups excluding carboxylic acids is 1. The number of nitrogen functional groups attached to an aromatic ring is 1. The molecule has 0 saturated carbocycles. The van der Waals surface area contributed by atoms with Gasteiger partial charge in [-0.1, -0.05) is 41.4 Å². The second kappa shape index (κ2) is 9.73. The molecular weight excluding hydrogens is 504 g/mol. The van der Waals surface area contributed by atoms with E-state index in [1.54, 1.807) is 24.3 Å². The van der Waals surface area contributed by atoms with Crippen LogP contribution in [0.5, 0.6) is 5.75 Å². The molecule has 0 aliphatic rings. The van der Waals surface area contributed by atoms with Gasteiger partial charge in [0.1, 0.15) is 20.5 Å². The van der Waals surface area contributed by atoms with Crippen molar-refractivity contribution in [2.24, 2.45) is 0 Å². The number of ketones is 1. The van der Waals surface area contributed by atoms with Gasteiger partial charge >= 0.3 is 0 Å². The lowest BCUT2D eigenvalue weighted by atomic mass is 10.1. The Morgan fingerprint density at radius 2 is 1.74 bits per heavy atom. The zero-order valence-corrected chi connectivity index (χ0v) is 21.6. The van der Waals surface area contributed by atoms with Crippen LogP contribution in [0.3, 0.4) is 0 Å². The smallest absolute Gasteiger partial charge is 0.211 e. The molecule has 0 unspecified atom stereocenters. The quantitative estimate of drug-likeness (QED) is 0.270. The van der Waals surface area contributed by atoms with Gasteiger partial charge in [-0.05, 0) is 61.9 Å². The number of hydrogen-bond acceptors (Lipinski definition) is 7. The van der Waals surface area contributed by atoms with Crippen molar-refractivity contribution in [1.82, 2.24) is 0 Å². The molecule has 0 aliphatic heterocycles. The molecule has 1 heterocycles. The van der Waals surface area contributed by atoms with Gasteiger partial charge in [0.2, 0.25) is 15.6 Å². The first kappa shape index (κ1) is 24.8. The van der Waals surface area contributed by atoms with E-state index in [4.69, 9.17) is 22.1 Å². The average Bonchev–Trinajstić information content (AvgIpc) is 3.17. The summed E-state index contributed by atoms with van der Waals surface area (Å²) in [6.07, 6.45) is 0. The van der Waals surface area contributed by atoms with Crippen LogP contribution in [0.15, 0.2) is 76.5 Å². The zero-order chi connectivity index (χ0) is 25.3. The topological polar surface area (TPSA) is 98.5 Å². The van der Waals surface area contributed by atoms with Crippen LogP contribution in [0.1, 0.15) is 26.4 Å². The summed E-state index contributed by atoms with van der Waals surface area (Å²) in [6.45, 7) is 3.89.